The summed E-state index contributed by atoms with van der Waals surface area (Å²) in [4.78, 5) is 4.28. The van der Waals surface area contributed by atoms with E-state index in [0.717, 1.165) is 5.01 Å². The van der Waals surface area contributed by atoms with Crippen molar-refractivity contribution in [2.24, 2.45) is 0 Å². The minimum absolute atomic E-state index is 0.273. The standard InChI is InChI=1S/C10H14N4S/c1-7(9-5-12-13-6-9)14-8(2)10-11-3-4-15-10/h3-8,14H,1-2H3,(H,12,13). The lowest BCUT2D eigenvalue weighted by Gasteiger charge is -2.16. The molecule has 2 aromatic rings. The molecule has 0 aliphatic heterocycles. The van der Waals surface area contributed by atoms with Crippen molar-refractivity contribution in [3.63, 3.8) is 0 Å². The Bertz CT molecular complexity index is 343. The zero-order valence-corrected chi connectivity index (χ0v) is 9.58. The number of H-pyrrole nitrogens is 1. The van der Waals surface area contributed by atoms with Crippen molar-refractivity contribution in [1.29, 1.82) is 0 Å². The van der Waals surface area contributed by atoms with E-state index in [9.17, 15) is 0 Å². The summed E-state index contributed by atoms with van der Waals surface area (Å²) in [5.41, 5.74) is 1.17. The first kappa shape index (κ1) is 10.3. The van der Waals surface area contributed by atoms with E-state index in [1.807, 2.05) is 24.0 Å². The van der Waals surface area contributed by atoms with Crippen LogP contribution in [0.4, 0.5) is 0 Å². The molecule has 15 heavy (non-hydrogen) atoms. The van der Waals surface area contributed by atoms with Gasteiger partial charge in [-0.1, -0.05) is 0 Å². The minimum Gasteiger partial charge on any atom is -0.301 e. The van der Waals surface area contributed by atoms with E-state index in [1.54, 1.807) is 11.3 Å². The highest BCUT2D eigenvalue weighted by molar-refractivity contribution is 7.09. The molecule has 2 heterocycles. The quantitative estimate of drug-likeness (QED) is 0.834. The van der Waals surface area contributed by atoms with Gasteiger partial charge in [0.1, 0.15) is 5.01 Å². The predicted molar refractivity (Wildman–Crippen MR) is 60.7 cm³/mol. The van der Waals surface area contributed by atoms with Gasteiger partial charge in [-0.2, -0.15) is 5.10 Å². The lowest BCUT2D eigenvalue weighted by molar-refractivity contribution is 0.493. The molecule has 0 saturated carbocycles. The van der Waals surface area contributed by atoms with Crippen molar-refractivity contribution in [2.45, 2.75) is 25.9 Å². The van der Waals surface area contributed by atoms with Crippen LogP contribution in [-0.4, -0.2) is 15.2 Å². The third-order valence-corrected chi connectivity index (χ3v) is 3.30. The molecular weight excluding hydrogens is 208 g/mol. The fourth-order valence-corrected chi connectivity index (χ4v) is 2.14. The molecule has 0 amide bonds. The van der Waals surface area contributed by atoms with Gasteiger partial charge < -0.3 is 5.32 Å². The Morgan fingerprint density at radius 3 is 2.87 bits per heavy atom. The van der Waals surface area contributed by atoms with Gasteiger partial charge in [0.05, 0.1) is 12.2 Å². The number of hydrogen-bond donors (Lipinski definition) is 2. The zero-order valence-electron chi connectivity index (χ0n) is 8.77. The van der Waals surface area contributed by atoms with Gasteiger partial charge in [-0.3, -0.25) is 5.10 Å². The van der Waals surface area contributed by atoms with Crippen molar-refractivity contribution < 1.29 is 0 Å². The molecule has 2 aromatic heterocycles. The van der Waals surface area contributed by atoms with Gasteiger partial charge in [0.2, 0.25) is 0 Å². The summed E-state index contributed by atoms with van der Waals surface area (Å²) < 4.78 is 0. The second kappa shape index (κ2) is 4.55. The van der Waals surface area contributed by atoms with Gasteiger partial charge in [0, 0.05) is 29.4 Å². The van der Waals surface area contributed by atoms with Crippen molar-refractivity contribution in [3.8, 4) is 0 Å². The average molecular weight is 222 g/mol. The predicted octanol–water partition coefficient (Wildman–Crippen LogP) is 2.28. The van der Waals surface area contributed by atoms with Crippen LogP contribution in [0.15, 0.2) is 24.0 Å². The number of nitrogens with zero attached hydrogens (tertiary/aromatic N) is 2. The Balaban J connectivity index is 1.98. The summed E-state index contributed by atoms with van der Waals surface area (Å²) in [5, 5.41) is 13.3. The Morgan fingerprint density at radius 2 is 2.27 bits per heavy atom. The summed E-state index contributed by atoms with van der Waals surface area (Å²) in [6.45, 7) is 4.24. The maximum atomic E-state index is 4.28. The highest BCUT2D eigenvalue weighted by Crippen LogP contribution is 2.19. The molecule has 0 aliphatic rings. The molecule has 80 valence electrons. The van der Waals surface area contributed by atoms with Crippen molar-refractivity contribution in [1.82, 2.24) is 20.5 Å². The number of rotatable bonds is 4. The summed E-state index contributed by atoms with van der Waals surface area (Å²) in [5.74, 6) is 0. The normalized spacial score (nSPS) is 15.1. The van der Waals surface area contributed by atoms with Gasteiger partial charge >= 0.3 is 0 Å². The summed E-state index contributed by atoms with van der Waals surface area (Å²) in [6, 6.07) is 0.553. The maximum absolute atomic E-state index is 4.28. The average Bonchev–Trinajstić information content (AvgIpc) is 2.91. The highest BCUT2D eigenvalue weighted by Gasteiger charge is 2.13. The Labute approximate surface area is 92.8 Å². The Hall–Kier alpha value is -1.20. The van der Waals surface area contributed by atoms with Crippen LogP contribution in [0.1, 0.15) is 36.5 Å². The van der Waals surface area contributed by atoms with Gasteiger partial charge in [0.15, 0.2) is 0 Å². The van der Waals surface area contributed by atoms with Gasteiger partial charge in [0.25, 0.3) is 0 Å². The third-order valence-electron chi connectivity index (χ3n) is 2.34. The van der Waals surface area contributed by atoms with Crippen LogP contribution in [-0.2, 0) is 0 Å². The molecule has 2 N–H and O–H groups in total. The minimum atomic E-state index is 0.273. The van der Waals surface area contributed by atoms with E-state index in [-0.39, 0.29) is 12.1 Å². The number of thiazole rings is 1. The fourth-order valence-electron chi connectivity index (χ4n) is 1.49. The van der Waals surface area contributed by atoms with Gasteiger partial charge in [-0.25, -0.2) is 4.98 Å². The number of aromatic amines is 1. The monoisotopic (exact) mass is 222 g/mol. The van der Waals surface area contributed by atoms with Crippen molar-refractivity contribution >= 4 is 11.3 Å². The van der Waals surface area contributed by atoms with Crippen molar-refractivity contribution in [2.75, 3.05) is 0 Å². The first-order chi connectivity index (χ1) is 7.27. The molecule has 0 bridgehead atoms. The number of aromatic nitrogens is 3. The van der Waals surface area contributed by atoms with E-state index in [0.29, 0.717) is 0 Å². The molecule has 0 aliphatic carbocycles. The Morgan fingerprint density at radius 1 is 1.40 bits per heavy atom. The molecule has 0 radical (unpaired) electrons. The molecule has 5 heteroatoms. The summed E-state index contributed by atoms with van der Waals surface area (Å²) in [6.07, 6.45) is 5.58. The smallest absolute Gasteiger partial charge is 0.109 e. The van der Waals surface area contributed by atoms with Gasteiger partial charge in [-0.15, -0.1) is 11.3 Å². The Kier molecular flexibility index (Phi) is 3.13. The molecule has 0 spiro atoms. The largest absolute Gasteiger partial charge is 0.301 e. The molecule has 4 nitrogen and oxygen atoms in total. The first-order valence-electron chi connectivity index (χ1n) is 4.91. The van der Waals surface area contributed by atoms with Crippen LogP contribution in [0, 0.1) is 0 Å². The first-order valence-corrected chi connectivity index (χ1v) is 5.79. The highest BCUT2D eigenvalue weighted by atomic mass is 32.1. The molecular formula is C10H14N4S. The van der Waals surface area contributed by atoms with Crippen LogP contribution >= 0.6 is 11.3 Å². The molecule has 2 atom stereocenters. The van der Waals surface area contributed by atoms with Crippen LogP contribution in [0.25, 0.3) is 0 Å². The third kappa shape index (κ3) is 2.43. The second-order valence-electron chi connectivity index (χ2n) is 3.51. The molecule has 0 aromatic carbocycles. The number of nitrogens with one attached hydrogen (secondary N) is 2. The maximum Gasteiger partial charge on any atom is 0.109 e. The topological polar surface area (TPSA) is 53.6 Å². The van der Waals surface area contributed by atoms with Crippen LogP contribution in [0.3, 0.4) is 0 Å². The van der Waals surface area contributed by atoms with Crippen LogP contribution in [0.2, 0.25) is 0 Å². The van der Waals surface area contributed by atoms with E-state index in [1.165, 1.54) is 5.56 Å². The zero-order chi connectivity index (χ0) is 10.7. The van der Waals surface area contributed by atoms with E-state index < -0.39 is 0 Å². The second-order valence-corrected chi connectivity index (χ2v) is 4.44. The van der Waals surface area contributed by atoms with E-state index in [4.69, 9.17) is 0 Å². The molecule has 2 unspecified atom stereocenters. The SMILES string of the molecule is CC(NC(C)c1nccs1)c1cn[nH]c1. The fraction of sp³-hybridized carbons (Fsp3) is 0.400. The van der Waals surface area contributed by atoms with Gasteiger partial charge in [-0.05, 0) is 13.8 Å². The van der Waals surface area contributed by atoms with Crippen LogP contribution in [0.5, 0.6) is 0 Å². The van der Waals surface area contributed by atoms with Crippen molar-refractivity contribution in [3.05, 3.63) is 34.5 Å². The molecule has 0 fully saturated rings. The number of hydrogen-bond acceptors (Lipinski definition) is 4. The molecule has 2 rings (SSSR count). The lowest BCUT2D eigenvalue weighted by atomic mass is 10.1. The summed E-state index contributed by atoms with van der Waals surface area (Å²) >= 11 is 1.67. The van der Waals surface area contributed by atoms with E-state index in [2.05, 4.69) is 34.3 Å². The van der Waals surface area contributed by atoms with Crippen LogP contribution < -0.4 is 5.32 Å². The lowest BCUT2D eigenvalue weighted by Crippen LogP contribution is -2.21. The molecule has 0 saturated heterocycles. The van der Waals surface area contributed by atoms with E-state index >= 15 is 0 Å². The summed E-state index contributed by atoms with van der Waals surface area (Å²) in [7, 11) is 0.